The first-order valence-corrected chi connectivity index (χ1v) is 7.13. The summed E-state index contributed by atoms with van der Waals surface area (Å²) < 4.78 is 9.96. The van der Waals surface area contributed by atoms with Crippen LogP contribution in [0.2, 0.25) is 0 Å². The lowest BCUT2D eigenvalue weighted by Gasteiger charge is -1.88. The predicted octanol–water partition coefficient (Wildman–Crippen LogP) is 3.87. The van der Waals surface area contributed by atoms with E-state index in [2.05, 4.69) is 0 Å². The van der Waals surface area contributed by atoms with Crippen molar-refractivity contribution in [2.45, 2.75) is 20.8 Å². The Balaban J connectivity index is 0. The van der Waals surface area contributed by atoms with E-state index in [1.807, 2.05) is 20.8 Å². The van der Waals surface area contributed by atoms with Crippen LogP contribution in [0.3, 0.4) is 0 Å². The Labute approximate surface area is 98.3 Å². The van der Waals surface area contributed by atoms with Crippen LogP contribution in [-0.4, -0.2) is 23.9 Å². The summed E-state index contributed by atoms with van der Waals surface area (Å²) in [6, 6.07) is 8.30. The molecule has 0 saturated heterocycles. The van der Waals surface area contributed by atoms with Gasteiger partial charge < -0.3 is 5.11 Å². The van der Waals surface area contributed by atoms with Crippen LogP contribution in [0.25, 0.3) is 0 Å². The van der Waals surface area contributed by atoms with Crippen molar-refractivity contribution in [1.29, 1.82) is 0 Å². The molecule has 0 saturated carbocycles. The van der Waals surface area contributed by atoms with E-state index in [9.17, 15) is 9.36 Å². The van der Waals surface area contributed by atoms with Crippen molar-refractivity contribution in [3.8, 4) is 0 Å². The third-order valence-electron chi connectivity index (χ3n) is 1.47. The Morgan fingerprint density at radius 1 is 1.25 bits per heavy atom. The number of carbonyl (C=O) groups is 1. The third-order valence-corrected chi connectivity index (χ3v) is 2.36. The quantitative estimate of drug-likeness (QED) is 0.802. The van der Waals surface area contributed by atoms with Crippen LogP contribution in [0.15, 0.2) is 30.3 Å². The summed E-state index contributed by atoms with van der Waals surface area (Å²) in [4.78, 5) is 10.2. The van der Waals surface area contributed by atoms with Crippen LogP contribution >= 0.6 is 7.80 Å². The number of carboxylic acids is 1. The van der Waals surface area contributed by atoms with Gasteiger partial charge in [-0.25, -0.2) is 4.79 Å². The van der Waals surface area contributed by atoms with E-state index in [4.69, 9.17) is 5.11 Å². The van der Waals surface area contributed by atoms with E-state index in [1.54, 1.807) is 37.0 Å². The zero-order valence-corrected chi connectivity index (χ0v) is 11.2. The number of hydrogen-bond donors (Lipinski definition) is 1. The van der Waals surface area contributed by atoms with Crippen LogP contribution in [0.4, 0.5) is 0 Å². The van der Waals surface area contributed by atoms with Gasteiger partial charge in [0.15, 0.2) is 0 Å². The van der Waals surface area contributed by atoms with Crippen LogP contribution in [0.1, 0.15) is 31.1 Å². The third kappa shape index (κ3) is 10.9. The summed E-state index contributed by atoms with van der Waals surface area (Å²) in [5, 5.41) is 8.38. The van der Waals surface area contributed by atoms with Gasteiger partial charge in [-0.3, -0.25) is 0 Å². The van der Waals surface area contributed by atoms with Gasteiger partial charge in [0, 0.05) is 0 Å². The predicted molar refractivity (Wildman–Crippen MR) is 68.8 cm³/mol. The molecule has 0 heterocycles. The van der Waals surface area contributed by atoms with E-state index in [-0.39, 0.29) is 0 Å². The first-order chi connectivity index (χ1) is 7.57. The highest BCUT2D eigenvalue weighted by molar-refractivity contribution is 7.43. The normalized spacial score (nSPS) is 8.88. The Hall–Kier alpha value is -1.21. The number of rotatable bonds is 2. The monoisotopic (exact) mass is 243 g/mol. The standard InChI is InChI=1S/C7H6O2.C3H8OP.C2H6/c8-7(9)6-4-2-1-3-5-6;1-3-5(2)4;1-2/h1-5H,(H,8,9);3H2,1-2H3;1-2H3/q;+1;. The number of hydrogen-bond acceptors (Lipinski definition) is 2. The maximum Gasteiger partial charge on any atom is 0.335 e. The second kappa shape index (κ2) is 11.9. The first-order valence-electron chi connectivity index (χ1n) is 5.24. The highest BCUT2D eigenvalue weighted by atomic mass is 31.1. The van der Waals surface area contributed by atoms with Crippen LogP contribution in [0.5, 0.6) is 0 Å². The van der Waals surface area contributed by atoms with Crippen LogP contribution in [-0.2, 0) is 4.57 Å². The second-order valence-electron chi connectivity index (χ2n) is 2.62. The SMILES string of the molecule is CC.CC[P+](C)=O.O=C(O)c1ccccc1. The molecule has 1 rings (SSSR count). The van der Waals surface area contributed by atoms with Crippen molar-refractivity contribution < 1.29 is 14.5 Å². The minimum Gasteiger partial charge on any atom is -0.478 e. The topological polar surface area (TPSA) is 54.4 Å². The van der Waals surface area contributed by atoms with Crippen molar-refractivity contribution in [3.63, 3.8) is 0 Å². The Kier molecular flexibility index (Phi) is 12.7. The molecule has 0 aliphatic rings. The number of aromatic carboxylic acids is 1. The molecule has 1 aromatic rings. The van der Waals surface area contributed by atoms with Crippen molar-refractivity contribution in [3.05, 3.63) is 35.9 Å². The lowest BCUT2D eigenvalue weighted by Crippen LogP contribution is -1.93. The second-order valence-corrected chi connectivity index (χ2v) is 4.50. The molecule has 0 aliphatic carbocycles. The molecule has 0 bridgehead atoms. The Bertz CT molecular complexity index is 296. The highest BCUT2D eigenvalue weighted by Gasteiger charge is 1.96. The summed E-state index contributed by atoms with van der Waals surface area (Å²) in [6.45, 7) is 7.65. The first kappa shape index (κ1) is 17.2. The smallest absolute Gasteiger partial charge is 0.335 e. The lowest BCUT2D eigenvalue weighted by atomic mass is 10.2. The zero-order valence-electron chi connectivity index (χ0n) is 10.3. The van der Waals surface area contributed by atoms with Gasteiger partial charge in [-0.2, -0.15) is 0 Å². The summed E-state index contributed by atoms with van der Waals surface area (Å²) in [6.07, 6.45) is 0.815. The molecule has 0 radical (unpaired) electrons. The Morgan fingerprint density at radius 2 is 1.62 bits per heavy atom. The van der Waals surface area contributed by atoms with Gasteiger partial charge in [0.25, 0.3) is 0 Å². The molecule has 3 nitrogen and oxygen atoms in total. The molecule has 0 amide bonds. The maximum atomic E-state index is 10.2. The summed E-state index contributed by atoms with van der Waals surface area (Å²) in [7, 11) is -0.848. The molecule has 1 atom stereocenters. The maximum absolute atomic E-state index is 10.2. The van der Waals surface area contributed by atoms with Gasteiger partial charge >= 0.3 is 13.8 Å². The van der Waals surface area contributed by atoms with Crippen molar-refractivity contribution in [2.75, 3.05) is 12.8 Å². The lowest BCUT2D eigenvalue weighted by molar-refractivity contribution is 0.0697. The van der Waals surface area contributed by atoms with Gasteiger partial charge in [-0.05, 0) is 19.1 Å². The molecule has 16 heavy (non-hydrogen) atoms. The van der Waals surface area contributed by atoms with Crippen molar-refractivity contribution in [2.24, 2.45) is 0 Å². The van der Waals surface area contributed by atoms with Gasteiger partial charge in [0.1, 0.15) is 12.8 Å². The molecule has 0 aliphatic heterocycles. The average molecular weight is 243 g/mol. The number of carboxylic acid groups (broad SMARTS) is 1. The number of benzene rings is 1. The average Bonchev–Trinajstić information content (AvgIpc) is 2.33. The molecule has 0 spiro atoms. The van der Waals surface area contributed by atoms with Gasteiger partial charge in [0.2, 0.25) is 0 Å². The van der Waals surface area contributed by atoms with Gasteiger partial charge in [-0.1, -0.05) is 36.6 Å². The van der Waals surface area contributed by atoms with E-state index in [0.717, 1.165) is 6.16 Å². The van der Waals surface area contributed by atoms with Gasteiger partial charge in [0.05, 0.1) is 5.56 Å². The largest absolute Gasteiger partial charge is 0.478 e. The fourth-order valence-corrected chi connectivity index (χ4v) is 0.581. The fourth-order valence-electron chi connectivity index (χ4n) is 0.581. The molecule has 4 heteroatoms. The van der Waals surface area contributed by atoms with E-state index < -0.39 is 13.8 Å². The minimum atomic E-state index is -0.879. The van der Waals surface area contributed by atoms with Gasteiger partial charge in [-0.15, -0.1) is 0 Å². The summed E-state index contributed by atoms with van der Waals surface area (Å²) in [5.74, 6) is -0.879. The molecule has 0 aromatic heterocycles. The van der Waals surface area contributed by atoms with Crippen molar-refractivity contribution in [1.82, 2.24) is 0 Å². The molecular formula is C12H20O3P+. The molecule has 90 valence electrons. The molecule has 0 fully saturated rings. The van der Waals surface area contributed by atoms with Crippen LogP contribution < -0.4 is 0 Å². The Morgan fingerprint density at radius 3 is 1.81 bits per heavy atom. The van der Waals surface area contributed by atoms with E-state index in [0.29, 0.717) is 5.56 Å². The van der Waals surface area contributed by atoms with E-state index in [1.165, 1.54) is 0 Å². The van der Waals surface area contributed by atoms with Crippen LogP contribution in [0, 0.1) is 0 Å². The summed E-state index contributed by atoms with van der Waals surface area (Å²) >= 11 is 0. The minimum absolute atomic E-state index is 0.331. The molecule has 1 aromatic carbocycles. The zero-order chi connectivity index (χ0) is 13.0. The molecular weight excluding hydrogens is 223 g/mol. The molecule has 1 N–H and O–H groups in total. The molecule has 1 unspecified atom stereocenters. The van der Waals surface area contributed by atoms with E-state index >= 15 is 0 Å². The van der Waals surface area contributed by atoms with Crippen molar-refractivity contribution >= 4 is 13.8 Å². The summed E-state index contributed by atoms with van der Waals surface area (Å²) in [5.41, 5.74) is 0.331. The fraction of sp³-hybridized carbons (Fsp3) is 0.417. The highest BCUT2D eigenvalue weighted by Crippen LogP contribution is 2.09.